The Bertz CT molecular complexity index is 921. The molecule has 1 unspecified atom stereocenters. The summed E-state index contributed by atoms with van der Waals surface area (Å²) in [4.78, 5) is 35.7. The summed E-state index contributed by atoms with van der Waals surface area (Å²) in [5.41, 5.74) is 0.712. The number of ether oxygens (including phenoxy) is 1. The maximum Gasteiger partial charge on any atom is 0.270 e. The van der Waals surface area contributed by atoms with Gasteiger partial charge in [-0.05, 0) is 36.6 Å². The number of carbonyl (C=O) groups is 2. The second kappa shape index (κ2) is 9.61. The Labute approximate surface area is 167 Å². The van der Waals surface area contributed by atoms with E-state index in [0.29, 0.717) is 24.3 Å². The minimum absolute atomic E-state index is 0.00246. The van der Waals surface area contributed by atoms with Crippen LogP contribution in [0.1, 0.15) is 28.8 Å². The summed E-state index contributed by atoms with van der Waals surface area (Å²) in [6, 6.07) is 14.3. The molecule has 1 aliphatic heterocycles. The number of nitro groups is 1. The molecule has 0 spiro atoms. The second-order valence-corrected chi connectivity index (χ2v) is 6.58. The summed E-state index contributed by atoms with van der Waals surface area (Å²) in [5, 5.41) is 16.4. The maximum atomic E-state index is 12.7. The molecule has 0 saturated carbocycles. The zero-order chi connectivity index (χ0) is 20.6. The van der Waals surface area contributed by atoms with E-state index < -0.39 is 16.7 Å². The van der Waals surface area contributed by atoms with E-state index in [9.17, 15) is 19.7 Å². The van der Waals surface area contributed by atoms with Crippen LogP contribution < -0.4 is 10.6 Å². The molecule has 2 N–H and O–H groups in total. The highest BCUT2D eigenvalue weighted by Gasteiger charge is 2.19. The Morgan fingerprint density at radius 2 is 1.97 bits per heavy atom. The number of carbonyl (C=O) groups excluding carboxylic acids is 2. The third kappa shape index (κ3) is 5.73. The van der Waals surface area contributed by atoms with Crippen molar-refractivity contribution in [3.63, 3.8) is 0 Å². The van der Waals surface area contributed by atoms with Gasteiger partial charge in [0, 0.05) is 30.8 Å². The average Bonchev–Trinajstić information content (AvgIpc) is 3.26. The topological polar surface area (TPSA) is 111 Å². The molecular formula is C21H21N3O5. The van der Waals surface area contributed by atoms with Crippen LogP contribution in [0.3, 0.4) is 0 Å². The largest absolute Gasteiger partial charge is 0.376 e. The first-order valence-corrected chi connectivity index (χ1v) is 9.25. The number of nitrogens with zero attached hydrogens (tertiary/aromatic N) is 1. The predicted octanol–water partition coefficient (Wildman–Crippen LogP) is 2.66. The first kappa shape index (κ1) is 20.2. The molecule has 1 fully saturated rings. The van der Waals surface area contributed by atoms with Gasteiger partial charge in [0.2, 0.25) is 0 Å². The number of rotatable bonds is 7. The molecule has 0 radical (unpaired) electrons. The van der Waals surface area contributed by atoms with Crippen LogP contribution in [0.15, 0.2) is 60.3 Å². The van der Waals surface area contributed by atoms with Crippen LogP contribution in [0.2, 0.25) is 0 Å². The second-order valence-electron chi connectivity index (χ2n) is 6.58. The molecular weight excluding hydrogens is 374 g/mol. The van der Waals surface area contributed by atoms with Gasteiger partial charge in [0.25, 0.3) is 17.5 Å². The molecule has 1 aliphatic rings. The minimum Gasteiger partial charge on any atom is -0.376 e. The summed E-state index contributed by atoms with van der Waals surface area (Å²) in [6.45, 7) is 0.994. The first-order chi connectivity index (χ1) is 14.0. The zero-order valence-electron chi connectivity index (χ0n) is 15.7. The van der Waals surface area contributed by atoms with Gasteiger partial charge < -0.3 is 15.4 Å². The Kier molecular flexibility index (Phi) is 6.70. The molecule has 1 heterocycles. The van der Waals surface area contributed by atoms with E-state index in [2.05, 4.69) is 10.6 Å². The highest BCUT2D eigenvalue weighted by molar-refractivity contribution is 6.05. The Balaban J connectivity index is 1.81. The molecule has 150 valence electrons. The van der Waals surface area contributed by atoms with Crippen molar-refractivity contribution in [1.29, 1.82) is 0 Å². The van der Waals surface area contributed by atoms with E-state index in [1.807, 2.05) is 0 Å². The van der Waals surface area contributed by atoms with Crippen molar-refractivity contribution >= 4 is 23.6 Å². The van der Waals surface area contributed by atoms with Gasteiger partial charge >= 0.3 is 0 Å². The van der Waals surface area contributed by atoms with Crippen molar-refractivity contribution < 1.29 is 19.2 Å². The van der Waals surface area contributed by atoms with Crippen molar-refractivity contribution in [2.45, 2.75) is 18.9 Å². The lowest BCUT2D eigenvalue weighted by Gasteiger charge is -2.14. The first-order valence-electron chi connectivity index (χ1n) is 9.25. The fourth-order valence-corrected chi connectivity index (χ4v) is 2.94. The molecule has 1 atom stereocenters. The van der Waals surface area contributed by atoms with Crippen LogP contribution in [0, 0.1) is 10.1 Å². The van der Waals surface area contributed by atoms with Crippen molar-refractivity contribution in [3.05, 3.63) is 81.5 Å². The third-order valence-electron chi connectivity index (χ3n) is 4.44. The van der Waals surface area contributed by atoms with E-state index in [0.717, 1.165) is 12.8 Å². The normalized spacial score (nSPS) is 16.3. The Morgan fingerprint density at radius 1 is 1.17 bits per heavy atom. The van der Waals surface area contributed by atoms with Crippen molar-refractivity contribution in [2.24, 2.45) is 0 Å². The molecule has 8 heteroatoms. The van der Waals surface area contributed by atoms with Gasteiger partial charge in [-0.25, -0.2) is 0 Å². The van der Waals surface area contributed by atoms with Crippen LogP contribution >= 0.6 is 0 Å². The molecule has 3 rings (SSSR count). The minimum atomic E-state index is -0.517. The van der Waals surface area contributed by atoms with E-state index in [1.54, 1.807) is 36.4 Å². The van der Waals surface area contributed by atoms with Gasteiger partial charge in [-0.15, -0.1) is 0 Å². The summed E-state index contributed by atoms with van der Waals surface area (Å²) >= 11 is 0. The average molecular weight is 395 g/mol. The monoisotopic (exact) mass is 395 g/mol. The van der Waals surface area contributed by atoms with Crippen molar-refractivity contribution in [3.8, 4) is 0 Å². The SMILES string of the molecule is O=C(NCC1CCCO1)C(=Cc1cccc([N+](=O)[O-])c1)NC(=O)c1ccccc1. The zero-order valence-corrected chi connectivity index (χ0v) is 15.7. The number of non-ortho nitro benzene ring substituents is 1. The van der Waals surface area contributed by atoms with Gasteiger partial charge in [-0.2, -0.15) is 0 Å². The van der Waals surface area contributed by atoms with Crippen molar-refractivity contribution in [1.82, 2.24) is 10.6 Å². The molecule has 2 aromatic rings. The van der Waals surface area contributed by atoms with Crippen LogP contribution in [-0.4, -0.2) is 36.0 Å². The van der Waals surface area contributed by atoms with Crippen molar-refractivity contribution in [2.75, 3.05) is 13.2 Å². The molecule has 1 saturated heterocycles. The summed E-state index contributed by atoms with van der Waals surface area (Å²) in [5.74, 6) is -0.939. The van der Waals surface area contributed by atoms with Crippen LogP contribution in [0.25, 0.3) is 6.08 Å². The number of amides is 2. The molecule has 2 aromatic carbocycles. The lowest BCUT2D eigenvalue weighted by molar-refractivity contribution is -0.384. The molecule has 0 aliphatic carbocycles. The van der Waals surface area contributed by atoms with Crippen LogP contribution in [0.5, 0.6) is 0 Å². The van der Waals surface area contributed by atoms with Gasteiger partial charge in [-0.1, -0.05) is 30.3 Å². The summed E-state index contributed by atoms with van der Waals surface area (Å²) in [7, 11) is 0. The third-order valence-corrected chi connectivity index (χ3v) is 4.44. The fourth-order valence-electron chi connectivity index (χ4n) is 2.94. The molecule has 2 amide bonds. The Morgan fingerprint density at radius 3 is 2.66 bits per heavy atom. The standard InChI is InChI=1S/C21H21N3O5/c25-20(16-7-2-1-3-8-16)23-19(21(26)22-14-18-10-5-11-29-18)13-15-6-4-9-17(12-15)24(27)28/h1-4,6-9,12-13,18H,5,10-11,14H2,(H,22,26)(H,23,25). The van der Waals surface area contributed by atoms with Gasteiger partial charge in [0.05, 0.1) is 11.0 Å². The molecule has 0 bridgehead atoms. The number of hydrogen-bond donors (Lipinski definition) is 2. The Hall–Kier alpha value is -3.52. The van der Waals surface area contributed by atoms with E-state index in [4.69, 9.17) is 4.74 Å². The molecule has 0 aromatic heterocycles. The van der Waals surface area contributed by atoms with E-state index in [1.165, 1.54) is 24.3 Å². The van der Waals surface area contributed by atoms with Gasteiger partial charge in [0.1, 0.15) is 5.70 Å². The highest BCUT2D eigenvalue weighted by atomic mass is 16.6. The highest BCUT2D eigenvalue weighted by Crippen LogP contribution is 2.16. The van der Waals surface area contributed by atoms with Gasteiger partial charge in [-0.3, -0.25) is 19.7 Å². The number of benzene rings is 2. The fraction of sp³-hybridized carbons (Fsp3) is 0.238. The summed E-state index contributed by atoms with van der Waals surface area (Å²) < 4.78 is 5.50. The number of nitrogens with one attached hydrogen (secondary N) is 2. The molecule has 8 nitrogen and oxygen atoms in total. The van der Waals surface area contributed by atoms with E-state index >= 15 is 0 Å². The predicted molar refractivity (Wildman–Crippen MR) is 107 cm³/mol. The lowest BCUT2D eigenvalue weighted by Crippen LogP contribution is -2.38. The maximum absolute atomic E-state index is 12.7. The summed E-state index contributed by atoms with van der Waals surface area (Å²) in [6.07, 6.45) is 3.17. The van der Waals surface area contributed by atoms with Gasteiger partial charge in [0.15, 0.2) is 0 Å². The lowest BCUT2D eigenvalue weighted by atomic mass is 10.1. The smallest absolute Gasteiger partial charge is 0.270 e. The number of hydrogen-bond acceptors (Lipinski definition) is 5. The van der Waals surface area contributed by atoms with Crippen LogP contribution in [0.4, 0.5) is 5.69 Å². The number of nitro benzene ring substituents is 1. The quantitative estimate of drug-likeness (QED) is 0.425. The van der Waals surface area contributed by atoms with Crippen LogP contribution in [-0.2, 0) is 9.53 Å². The van der Waals surface area contributed by atoms with E-state index in [-0.39, 0.29) is 17.5 Å². The molecule has 29 heavy (non-hydrogen) atoms.